The van der Waals surface area contributed by atoms with Crippen LogP contribution in [0.25, 0.3) is 5.57 Å². The summed E-state index contributed by atoms with van der Waals surface area (Å²) < 4.78 is 24.9. The second-order valence-corrected chi connectivity index (χ2v) is 13.0. The van der Waals surface area contributed by atoms with Crippen LogP contribution in [-0.4, -0.2) is 20.0 Å². The molecule has 0 radical (unpaired) electrons. The second kappa shape index (κ2) is 12.0. The molecule has 0 unspecified atom stereocenters. The van der Waals surface area contributed by atoms with Gasteiger partial charge < -0.3 is 14.0 Å². The molecule has 3 nitrogen and oxygen atoms in total. The van der Waals surface area contributed by atoms with E-state index in [9.17, 15) is 4.57 Å². The highest BCUT2D eigenvalue weighted by atomic mass is 32.7. The maximum atomic E-state index is 14.3. The first-order valence-corrected chi connectivity index (χ1v) is 14.8. The molecule has 0 fully saturated rings. The highest BCUT2D eigenvalue weighted by Gasteiger charge is 2.27. The van der Waals surface area contributed by atoms with Gasteiger partial charge in [-0.3, -0.25) is 0 Å². The van der Waals surface area contributed by atoms with Crippen molar-refractivity contribution < 1.29 is 14.0 Å². The predicted molar refractivity (Wildman–Crippen MR) is 150 cm³/mol. The standard InChI is InChI=1S/C30H29O3PS/c1-32-26-19-15-24(16-20-26)30(25-17-21-27(33-2)22-18-25)14-9-23-35-34(31,28-10-5-3-6-11-28)29-12-7-4-8-13-29/h3-8,10-22H,9,23H2,1-2H3. The maximum absolute atomic E-state index is 14.3. The number of hydrogen-bond donors (Lipinski definition) is 0. The Morgan fingerprint density at radius 3 is 1.51 bits per heavy atom. The van der Waals surface area contributed by atoms with Crippen molar-refractivity contribution in [3.05, 3.63) is 126 Å². The Morgan fingerprint density at radius 2 is 1.11 bits per heavy atom. The molecule has 4 aromatic rings. The Bertz CT molecular complexity index is 1190. The van der Waals surface area contributed by atoms with Crippen LogP contribution in [0.4, 0.5) is 0 Å². The van der Waals surface area contributed by atoms with Crippen LogP contribution in [0, 0.1) is 0 Å². The molecule has 0 saturated heterocycles. The first kappa shape index (κ1) is 24.9. The monoisotopic (exact) mass is 500 g/mol. The molecule has 0 saturated carbocycles. The highest BCUT2D eigenvalue weighted by molar-refractivity contribution is 8.62. The zero-order valence-electron chi connectivity index (χ0n) is 20.0. The van der Waals surface area contributed by atoms with Gasteiger partial charge in [0.1, 0.15) is 11.5 Å². The van der Waals surface area contributed by atoms with Crippen LogP contribution in [0.1, 0.15) is 17.5 Å². The van der Waals surface area contributed by atoms with Crippen LogP contribution in [-0.2, 0) is 4.57 Å². The zero-order chi connectivity index (χ0) is 24.5. The van der Waals surface area contributed by atoms with Gasteiger partial charge >= 0.3 is 0 Å². The quantitative estimate of drug-likeness (QED) is 0.171. The number of allylic oxidation sites excluding steroid dienone is 1. The van der Waals surface area contributed by atoms with Crippen LogP contribution in [0.15, 0.2) is 115 Å². The minimum Gasteiger partial charge on any atom is -0.497 e. The smallest absolute Gasteiger partial charge is 0.195 e. The van der Waals surface area contributed by atoms with Gasteiger partial charge in [0.15, 0.2) is 6.34 Å². The van der Waals surface area contributed by atoms with E-state index in [2.05, 4.69) is 30.3 Å². The van der Waals surface area contributed by atoms with E-state index < -0.39 is 6.34 Å². The summed E-state index contributed by atoms with van der Waals surface area (Å²) in [5, 5.41) is 1.76. The third-order valence-corrected chi connectivity index (χ3v) is 11.4. The van der Waals surface area contributed by atoms with Crippen molar-refractivity contribution in [2.75, 3.05) is 20.0 Å². The van der Waals surface area contributed by atoms with Crippen molar-refractivity contribution in [1.82, 2.24) is 0 Å². The summed E-state index contributed by atoms with van der Waals surface area (Å²) in [4.78, 5) is 0. The highest BCUT2D eigenvalue weighted by Crippen LogP contribution is 2.56. The molecule has 0 atom stereocenters. The van der Waals surface area contributed by atoms with Gasteiger partial charge in [0.2, 0.25) is 0 Å². The molecule has 35 heavy (non-hydrogen) atoms. The lowest BCUT2D eigenvalue weighted by atomic mass is 9.97. The molecule has 4 aromatic carbocycles. The summed E-state index contributed by atoms with van der Waals surface area (Å²) in [6, 6.07) is 35.8. The number of rotatable bonds is 10. The van der Waals surface area contributed by atoms with Gasteiger partial charge in [-0.15, -0.1) is 0 Å². The Hall–Kier alpha value is -3.20. The fourth-order valence-electron chi connectivity index (χ4n) is 3.87. The minimum atomic E-state index is -2.79. The van der Waals surface area contributed by atoms with Gasteiger partial charge in [-0.05, 0) is 47.4 Å². The van der Waals surface area contributed by atoms with Gasteiger partial charge in [-0.1, -0.05) is 102 Å². The van der Waals surface area contributed by atoms with E-state index in [4.69, 9.17) is 9.47 Å². The van der Waals surface area contributed by atoms with Gasteiger partial charge in [0.25, 0.3) is 0 Å². The number of methoxy groups -OCH3 is 2. The van der Waals surface area contributed by atoms with Crippen molar-refractivity contribution in [3.8, 4) is 11.5 Å². The maximum Gasteiger partial charge on any atom is 0.195 e. The lowest BCUT2D eigenvalue weighted by Crippen LogP contribution is -2.13. The zero-order valence-corrected chi connectivity index (χ0v) is 21.7. The van der Waals surface area contributed by atoms with Gasteiger partial charge in [-0.2, -0.15) is 0 Å². The fourth-order valence-corrected chi connectivity index (χ4v) is 8.79. The molecule has 0 bridgehead atoms. The van der Waals surface area contributed by atoms with Gasteiger partial charge in [-0.25, -0.2) is 0 Å². The van der Waals surface area contributed by atoms with Crippen LogP contribution in [0.2, 0.25) is 0 Å². The normalized spacial score (nSPS) is 11.0. The fraction of sp³-hybridized carbons (Fsp3) is 0.133. The van der Waals surface area contributed by atoms with E-state index in [-0.39, 0.29) is 0 Å². The Kier molecular flexibility index (Phi) is 8.52. The number of hydrogen-bond acceptors (Lipinski definition) is 4. The van der Waals surface area contributed by atoms with Gasteiger partial charge in [0.05, 0.1) is 14.2 Å². The average Bonchev–Trinajstić information content (AvgIpc) is 2.94. The topological polar surface area (TPSA) is 35.5 Å². The molecule has 0 spiro atoms. The second-order valence-electron chi connectivity index (χ2n) is 7.92. The molecular weight excluding hydrogens is 471 g/mol. The van der Waals surface area contributed by atoms with Crippen molar-refractivity contribution in [3.63, 3.8) is 0 Å². The molecule has 5 heteroatoms. The van der Waals surface area contributed by atoms with Crippen molar-refractivity contribution in [2.24, 2.45) is 0 Å². The van der Waals surface area contributed by atoms with E-state index in [1.54, 1.807) is 25.6 Å². The van der Waals surface area contributed by atoms with Crippen molar-refractivity contribution >= 4 is 33.9 Å². The minimum absolute atomic E-state index is 0.733. The summed E-state index contributed by atoms with van der Waals surface area (Å²) in [5.74, 6) is 2.38. The molecule has 0 aliphatic carbocycles. The third kappa shape index (κ3) is 6.08. The van der Waals surface area contributed by atoms with Crippen LogP contribution in [0.3, 0.4) is 0 Å². The molecule has 0 amide bonds. The van der Waals surface area contributed by atoms with Gasteiger partial charge in [0, 0.05) is 16.4 Å². The van der Waals surface area contributed by atoms with Crippen LogP contribution >= 0.6 is 17.7 Å². The molecule has 0 aliphatic heterocycles. The Labute approximate surface area is 211 Å². The SMILES string of the molecule is COc1ccc(C(=CCCSP(=O)(c2ccccc2)c2ccccc2)c2ccc(OC)cc2)cc1. The molecule has 4 rings (SSSR count). The largest absolute Gasteiger partial charge is 0.497 e. The average molecular weight is 501 g/mol. The van der Waals surface area contributed by atoms with E-state index in [0.29, 0.717) is 0 Å². The summed E-state index contributed by atoms with van der Waals surface area (Å²) in [7, 11) is 3.34. The molecule has 0 aliphatic rings. The van der Waals surface area contributed by atoms with E-state index >= 15 is 0 Å². The van der Waals surface area contributed by atoms with Crippen LogP contribution < -0.4 is 20.1 Å². The number of ether oxygens (including phenoxy) is 2. The molecule has 0 heterocycles. The molecule has 178 valence electrons. The van der Waals surface area contributed by atoms with E-state index in [1.165, 1.54) is 0 Å². The summed E-state index contributed by atoms with van der Waals surface area (Å²) in [5.41, 5.74) is 3.34. The Morgan fingerprint density at radius 1 is 0.686 bits per heavy atom. The third-order valence-electron chi connectivity index (χ3n) is 5.73. The van der Waals surface area contributed by atoms with E-state index in [1.807, 2.05) is 84.9 Å². The molecular formula is C30H29O3PS. The van der Waals surface area contributed by atoms with Crippen molar-refractivity contribution in [2.45, 2.75) is 6.42 Å². The first-order valence-electron chi connectivity index (χ1n) is 11.5. The first-order chi connectivity index (χ1) is 17.1. The van der Waals surface area contributed by atoms with Crippen molar-refractivity contribution in [1.29, 1.82) is 0 Å². The Balaban J connectivity index is 1.59. The van der Waals surface area contributed by atoms with Crippen LogP contribution in [0.5, 0.6) is 11.5 Å². The lowest BCUT2D eigenvalue weighted by Gasteiger charge is -2.18. The number of benzene rings is 4. The summed E-state index contributed by atoms with van der Waals surface area (Å²) in [6.07, 6.45) is 0.218. The molecule has 0 aromatic heterocycles. The summed E-state index contributed by atoms with van der Waals surface area (Å²) >= 11 is 1.55. The molecule has 0 N–H and O–H groups in total. The summed E-state index contributed by atoms with van der Waals surface area (Å²) in [6.45, 7) is 0. The lowest BCUT2D eigenvalue weighted by molar-refractivity contribution is 0.414. The van der Waals surface area contributed by atoms with E-state index in [0.717, 1.165) is 51.0 Å². The predicted octanol–water partition coefficient (Wildman–Crippen LogP) is 7.19.